The number of nitrogens with one attached hydrogen (secondary N) is 1. The van der Waals surface area contributed by atoms with Crippen molar-refractivity contribution in [3.8, 4) is 0 Å². The molecule has 1 unspecified atom stereocenters. The molecule has 0 saturated heterocycles. The van der Waals surface area contributed by atoms with Crippen LogP contribution in [0.2, 0.25) is 0 Å². The summed E-state index contributed by atoms with van der Waals surface area (Å²) in [6.45, 7) is 5.63. The maximum absolute atomic E-state index is 13.6. The molecule has 2 rings (SSSR count). The van der Waals surface area contributed by atoms with Crippen LogP contribution in [0.3, 0.4) is 0 Å². The highest BCUT2D eigenvalue weighted by Crippen LogP contribution is 2.25. The van der Waals surface area contributed by atoms with Crippen molar-refractivity contribution in [2.45, 2.75) is 26.8 Å². The number of hydrogen-bond donors (Lipinski definition) is 2. The zero-order valence-electron chi connectivity index (χ0n) is 11.4. The molecule has 3 N–H and O–H groups in total. The van der Waals surface area contributed by atoms with E-state index in [2.05, 4.69) is 10.3 Å². The molecule has 0 spiro atoms. The van der Waals surface area contributed by atoms with E-state index in [1.165, 1.54) is 0 Å². The molecule has 0 bridgehead atoms. The van der Waals surface area contributed by atoms with Crippen molar-refractivity contribution in [3.63, 3.8) is 0 Å². The van der Waals surface area contributed by atoms with Crippen molar-refractivity contribution in [2.24, 2.45) is 0 Å². The van der Waals surface area contributed by atoms with E-state index < -0.39 is 0 Å². The van der Waals surface area contributed by atoms with Gasteiger partial charge in [0.2, 0.25) is 0 Å². The number of nitrogen functional groups attached to an aromatic ring is 1. The minimum atomic E-state index is -0.198. The average Bonchev–Trinajstić information content (AvgIpc) is 2.38. The normalized spacial score (nSPS) is 12.2. The lowest BCUT2D eigenvalue weighted by Gasteiger charge is -2.17. The fraction of sp³-hybridized carbons (Fsp3) is 0.267. The van der Waals surface area contributed by atoms with Crippen LogP contribution in [-0.4, -0.2) is 4.98 Å². The smallest absolute Gasteiger partial charge is 0.149 e. The summed E-state index contributed by atoms with van der Waals surface area (Å²) in [4.78, 5) is 4.21. The van der Waals surface area contributed by atoms with Gasteiger partial charge in [-0.1, -0.05) is 12.1 Å². The van der Waals surface area contributed by atoms with E-state index in [0.717, 1.165) is 11.1 Å². The number of aromatic nitrogens is 1. The Bertz CT molecular complexity index is 596. The highest BCUT2D eigenvalue weighted by Gasteiger charge is 2.10. The molecule has 0 radical (unpaired) electrons. The number of nitrogens with two attached hydrogens (primary N) is 1. The molecule has 19 heavy (non-hydrogen) atoms. The molecule has 0 aliphatic heterocycles. The molecular weight excluding hydrogens is 241 g/mol. The molecule has 0 aliphatic rings. The Hall–Kier alpha value is -2.10. The third-order valence-corrected chi connectivity index (χ3v) is 3.26. The fourth-order valence-electron chi connectivity index (χ4n) is 1.85. The minimum Gasteiger partial charge on any atom is -0.396 e. The van der Waals surface area contributed by atoms with Crippen molar-refractivity contribution in [2.75, 3.05) is 11.1 Å². The third kappa shape index (κ3) is 2.84. The number of rotatable bonds is 3. The maximum atomic E-state index is 13.6. The van der Waals surface area contributed by atoms with Gasteiger partial charge in [0.25, 0.3) is 0 Å². The van der Waals surface area contributed by atoms with Crippen LogP contribution in [0.1, 0.15) is 29.7 Å². The maximum Gasteiger partial charge on any atom is 0.149 e. The first-order valence-electron chi connectivity index (χ1n) is 6.22. The van der Waals surface area contributed by atoms with E-state index in [-0.39, 0.29) is 11.9 Å². The Morgan fingerprint density at radius 1 is 1.21 bits per heavy atom. The van der Waals surface area contributed by atoms with Gasteiger partial charge in [-0.3, -0.25) is 0 Å². The average molecular weight is 259 g/mol. The van der Waals surface area contributed by atoms with Crippen molar-refractivity contribution in [3.05, 3.63) is 53.0 Å². The van der Waals surface area contributed by atoms with Gasteiger partial charge in [-0.25, -0.2) is 9.37 Å². The topological polar surface area (TPSA) is 50.9 Å². The molecule has 1 aromatic heterocycles. The van der Waals surface area contributed by atoms with E-state index in [1.807, 2.05) is 26.0 Å². The van der Waals surface area contributed by atoms with Gasteiger partial charge in [0, 0.05) is 6.20 Å². The predicted octanol–water partition coefficient (Wildman–Crippen LogP) is 3.59. The summed E-state index contributed by atoms with van der Waals surface area (Å²) in [6.07, 6.45) is 1.70. The van der Waals surface area contributed by atoms with Gasteiger partial charge in [0.05, 0.1) is 11.7 Å². The molecule has 3 nitrogen and oxygen atoms in total. The number of benzene rings is 1. The molecule has 0 amide bonds. The van der Waals surface area contributed by atoms with Gasteiger partial charge in [-0.15, -0.1) is 0 Å². The molecule has 1 heterocycles. The lowest BCUT2D eigenvalue weighted by atomic mass is 10.1. The summed E-state index contributed by atoms with van der Waals surface area (Å²) in [5.74, 6) is 0.435. The summed E-state index contributed by atoms with van der Waals surface area (Å²) in [5.41, 5.74) is 9.07. The number of aryl methyl sites for hydroxylation is 2. The van der Waals surface area contributed by atoms with E-state index >= 15 is 0 Å². The van der Waals surface area contributed by atoms with E-state index in [4.69, 9.17) is 5.73 Å². The van der Waals surface area contributed by atoms with Crippen molar-refractivity contribution >= 4 is 11.5 Å². The summed E-state index contributed by atoms with van der Waals surface area (Å²) >= 11 is 0. The van der Waals surface area contributed by atoms with Crippen LogP contribution in [0.15, 0.2) is 30.5 Å². The summed E-state index contributed by atoms with van der Waals surface area (Å²) < 4.78 is 13.6. The molecule has 100 valence electrons. The van der Waals surface area contributed by atoms with Crippen LogP contribution in [0.4, 0.5) is 15.9 Å². The molecule has 4 heteroatoms. The molecule has 0 saturated carbocycles. The number of nitrogens with zero attached hydrogens (tertiary/aromatic N) is 1. The third-order valence-electron chi connectivity index (χ3n) is 3.26. The quantitative estimate of drug-likeness (QED) is 0.885. The van der Waals surface area contributed by atoms with Crippen LogP contribution in [-0.2, 0) is 0 Å². The summed E-state index contributed by atoms with van der Waals surface area (Å²) in [5, 5.41) is 3.21. The van der Waals surface area contributed by atoms with E-state index in [1.54, 1.807) is 25.3 Å². The van der Waals surface area contributed by atoms with Crippen LogP contribution in [0.5, 0.6) is 0 Å². The Balaban J connectivity index is 2.23. The van der Waals surface area contributed by atoms with Gasteiger partial charge in [-0.2, -0.15) is 0 Å². The number of halogens is 1. The van der Waals surface area contributed by atoms with Gasteiger partial charge in [0.15, 0.2) is 0 Å². The van der Waals surface area contributed by atoms with E-state index in [0.29, 0.717) is 17.1 Å². The molecular formula is C15H18FN3. The van der Waals surface area contributed by atoms with Gasteiger partial charge >= 0.3 is 0 Å². The number of anilines is 2. The zero-order valence-corrected chi connectivity index (χ0v) is 11.4. The first-order valence-corrected chi connectivity index (χ1v) is 6.22. The van der Waals surface area contributed by atoms with Gasteiger partial charge < -0.3 is 11.1 Å². The van der Waals surface area contributed by atoms with Crippen LogP contribution >= 0.6 is 0 Å². The highest BCUT2D eigenvalue weighted by atomic mass is 19.1. The van der Waals surface area contributed by atoms with E-state index in [9.17, 15) is 4.39 Å². The van der Waals surface area contributed by atoms with Crippen LogP contribution in [0, 0.1) is 19.7 Å². The second kappa shape index (κ2) is 5.26. The van der Waals surface area contributed by atoms with Crippen LogP contribution < -0.4 is 11.1 Å². The van der Waals surface area contributed by atoms with Crippen molar-refractivity contribution in [1.82, 2.24) is 4.98 Å². The Labute approximate surface area is 112 Å². The lowest BCUT2D eigenvalue weighted by Crippen LogP contribution is -2.10. The summed E-state index contributed by atoms with van der Waals surface area (Å²) in [6, 6.07) is 7.01. The Morgan fingerprint density at radius 3 is 2.63 bits per heavy atom. The Kier molecular flexibility index (Phi) is 3.69. The predicted molar refractivity (Wildman–Crippen MR) is 76.6 cm³/mol. The second-order valence-corrected chi connectivity index (χ2v) is 4.76. The van der Waals surface area contributed by atoms with Gasteiger partial charge in [-0.05, 0) is 49.6 Å². The molecule has 2 aromatic rings. The zero-order chi connectivity index (χ0) is 14.0. The SMILES string of the molecule is Cc1ccc(C(C)Nc2nccc(C)c2N)cc1F. The van der Waals surface area contributed by atoms with Crippen molar-refractivity contribution < 1.29 is 4.39 Å². The molecule has 0 aliphatic carbocycles. The molecule has 1 aromatic carbocycles. The second-order valence-electron chi connectivity index (χ2n) is 4.76. The highest BCUT2D eigenvalue weighted by molar-refractivity contribution is 5.65. The summed E-state index contributed by atoms with van der Waals surface area (Å²) in [7, 11) is 0. The molecule has 0 fully saturated rings. The Morgan fingerprint density at radius 2 is 1.95 bits per heavy atom. The lowest BCUT2D eigenvalue weighted by molar-refractivity contribution is 0.614. The monoisotopic (exact) mass is 259 g/mol. The molecule has 1 atom stereocenters. The standard InChI is InChI=1S/C15H18FN3/c1-9-4-5-12(8-13(9)16)11(3)19-15-14(17)10(2)6-7-18-15/h4-8,11H,17H2,1-3H3,(H,18,19). The van der Waals surface area contributed by atoms with Gasteiger partial charge in [0.1, 0.15) is 11.6 Å². The largest absolute Gasteiger partial charge is 0.396 e. The number of hydrogen-bond acceptors (Lipinski definition) is 3. The number of pyridine rings is 1. The minimum absolute atomic E-state index is 0.0632. The van der Waals surface area contributed by atoms with Crippen LogP contribution in [0.25, 0.3) is 0 Å². The fourth-order valence-corrected chi connectivity index (χ4v) is 1.85. The first kappa shape index (κ1) is 13.3. The van der Waals surface area contributed by atoms with Crippen molar-refractivity contribution in [1.29, 1.82) is 0 Å². The first-order chi connectivity index (χ1) is 8.99.